The Bertz CT molecular complexity index is 184. The van der Waals surface area contributed by atoms with Gasteiger partial charge in [-0.3, -0.25) is 0 Å². The van der Waals surface area contributed by atoms with E-state index < -0.39 is 18.1 Å². The van der Waals surface area contributed by atoms with Crippen molar-refractivity contribution in [3.63, 3.8) is 0 Å². The summed E-state index contributed by atoms with van der Waals surface area (Å²) in [7, 11) is 0. The Morgan fingerprint density at radius 1 is 1.21 bits per heavy atom. The second-order valence-corrected chi connectivity index (χ2v) is 7.74. The average Bonchev–Trinajstić information content (AvgIpc) is 2.21. The first kappa shape index (κ1) is 11.1. The number of rotatable bonds is 4. The molecule has 0 N–H and O–H groups in total. The molecule has 0 aliphatic carbocycles. The van der Waals surface area contributed by atoms with Gasteiger partial charge in [-0.15, -0.1) is 0 Å². The van der Waals surface area contributed by atoms with E-state index in [9.17, 15) is 0 Å². The van der Waals surface area contributed by atoms with Crippen LogP contribution in [-0.2, 0) is 31.4 Å². The molecule has 3 fully saturated rings. The predicted molar refractivity (Wildman–Crippen MR) is 46.8 cm³/mol. The van der Waals surface area contributed by atoms with E-state index in [1.165, 1.54) is 0 Å². The third kappa shape index (κ3) is 2.21. The Morgan fingerprint density at radius 2 is 1.79 bits per heavy atom. The van der Waals surface area contributed by atoms with Crippen molar-refractivity contribution in [3.05, 3.63) is 0 Å². The molecule has 3 heterocycles. The molecule has 4 nitrogen and oxygen atoms in total. The first-order valence-electron chi connectivity index (χ1n) is 5.24. The monoisotopic (exact) mass is 238 g/mol. The molecule has 3 aliphatic heterocycles. The summed E-state index contributed by atoms with van der Waals surface area (Å²) in [4.78, 5) is 0. The van der Waals surface area contributed by atoms with E-state index in [1.807, 2.05) is 0 Å². The Hall–Kier alpha value is 0.554. The molecular weight excluding hydrogens is 220 g/mol. The molecule has 0 spiro atoms. The van der Waals surface area contributed by atoms with Crippen molar-refractivity contribution in [2.75, 3.05) is 26.4 Å². The van der Waals surface area contributed by atoms with Crippen LogP contribution in [0.4, 0.5) is 0 Å². The van der Waals surface area contributed by atoms with Crippen LogP contribution in [0.1, 0.15) is 26.7 Å². The summed E-state index contributed by atoms with van der Waals surface area (Å²) in [6, 6.07) is 0. The molecule has 82 valence electrons. The van der Waals surface area contributed by atoms with Crippen LogP contribution >= 0.6 is 0 Å². The third-order valence-electron chi connectivity index (χ3n) is 2.57. The van der Waals surface area contributed by atoms with Gasteiger partial charge in [0.15, 0.2) is 0 Å². The van der Waals surface area contributed by atoms with E-state index in [2.05, 4.69) is 13.8 Å². The topological polar surface area (TPSA) is 36.9 Å². The predicted octanol–water partition coefficient (Wildman–Crippen LogP) is 1.70. The first-order valence-corrected chi connectivity index (χ1v) is 7.79. The van der Waals surface area contributed by atoms with Crippen molar-refractivity contribution in [2.24, 2.45) is 5.41 Å². The molecule has 5 heteroatoms. The van der Waals surface area contributed by atoms with Crippen molar-refractivity contribution < 1.29 is 31.4 Å². The van der Waals surface area contributed by atoms with Crippen molar-refractivity contribution in [1.29, 1.82) is 0 Å². The minimum atomic E-state index is -3.20. The van der Waals surface area contributed by atoms with Gasteiger partial charge in [-0.05, 0) is 0 Å². The summed E-state index contributed by atoms with van der Waals surface area (Å²) in [6.07, 6.45) is 2.16. The van der Waals surface area contributed by atoms with Crippen molar-refractivity contribution in [3.8, 4) is 0 Å². The van der Waals surface area contributed by atoms with Gasteiger partial charge in [0, 0.05) is 0 Å². The van der Waals surface area contributed by atoms with Crippen molar-refractivity contribution in [2.45, 2.75) is 26.7 Å². The number of unbranched alkanes of at least 4 members (excludes halogenated alkanes) is 1. The fraction of sp³-hybridized carbons (Fsp3) is 1.00. The van der Waals surface area contributed by atoms with Crippen LogP contribution < -0.4 is 0 Å². The fourth-order valence-electron chi connectivity index (χ4n) is 1.50. The van der Waals surface area contributed by atoms with Crippen LogP contribution in [0.2, 0.25) is 0 Å². The summed E-state index contributed by atoms with van der Waals surface area (Å²) in [6.45, 7) is 7.16. The molecule has 3 rings (SSSR count). The van der Waals surface area contributed by atoms with Crippen LogP contribution in [0.5, 0.6) is 0 Å². The summed E-state index contributed by atoms with van der Waals surface area (Å²) < 4.78 is 22.6. The second-order valence-electron chi connectivity index (χ2n) is 4.38. The molecule has 0 aromatic rings. The van der Waals surface area contributed by atoms with E-state index in [0.29, 0.717) is 6.61 Å². The molecule has 0 radical (unpaired) electrons. The average molecular weight is 238 g/mol. The first-order chi connectivity index (χ1) is 6.68. The molecule has 3 aliphatic rings. The van der Waals surface area contributed by atoms with Crippen LogP contribution in [0, 0.1) is 5.41 Å². The number of fused-ring (bicyclic) bond motifs is 3. The third-order valence-corrected chi connectivity index (χ3v) is 5.77. The SMILES string of the molecule is CCCC[O][Ti]12[O]CC(C)(C[O]1)C[O]2. The molecule has 0 amide bonds. The molecule has 14 heavy (non-hydrogen) atoms. The Balaban J connectivity index is 1.85. The van der Waals surface area contributed by atoms with Gasteiger partial charge in [-0.25, -0.2) is 0 Å². The van der Waals surface area contributed by atoms with Crippen molar-refractivity contribution >= 4 is 0 Å². The van der Waals surface area contributed by atoms with Gasteiger partial charge in [0.1, 0.15) is 0 Å². The van der Waals surface area contributed by atoms with Gasteiger partial charge >= 0.3 is 89.9 Å². The van der Waals surface area contributed by atoms with E-state index in [-0.39, 0.29) is 5.41 Å². The molecule has 3 saturated heterocycles. The van der Waals surface area contributed by atoms with Gasteiger partial charge in [-0.2, -0.15) is 0 Å². The zero-order valence-electron chi connectivity index (χ0n) is 8.88. The molecular formula is C9H18O4Ti. The Kier molecular flexibility index (Phi) is 3.32. The fourth-order valence-corrected chi connectivity index (χ4v) is 5.36. The molecule has 2 bridgehead atoms. The molecule has 0 saturated carbocycles. The summed E-state index contributed by atoms with van der Waals surface area (Å²) in [5, 5.41) is 0. The number of hydrogen-bond acceptors (Lipinski definition) is 4. The van der Waals surface area contributed by atoms with Gasteiger partial charge in [0.05, 0.1) is 0 Å². The normalized spacial score (nSPS) is 41.6. The van der Waals surface area contributed by atoms with E-state index in [4.69, 9.17) is 13.3 Å². The zero-order valence-corrected chi connectivity index (χ0v) is 10.4. The Morgan fingerprint density at radius 3 is 2.29 bits per heavy atom. The van der Waals surface area contributed by atoms with E-state index in [0.717, 1.165) is 32.7 Å². The maximum atomic E-state index is 5.66. The van der Waals surface area contributed by atoms with Crippen LogP contribution in [0.15, 0.2) is 0 Å². The zero-order chi connectivity index (χ0) is 10.1. The molecule has 0 atom stereocenters. The summed E-state index contributed by atoms with van der Waals surface area (Å²) in [5.41, 5.74) is 0.0567. The summed E-state index contributed by atoms with van der Waals surface area (Å²) in [5.74, 6) is 0. The van der Waals surface area contributed by atoms with E-state index >= 15 is 0 Å². The quantitative estimate of drug-likeness (QED) is 0.551. The summed E-state index contributed by atoms with van der Waals surface area (Å²) >= 11 is -3.20. The van der Waals surface area contributed by atoms with E-state index in [1.54, 1.807) is 0 Å². The second kappa shape index (κ2) is 4.20. The van der Waals surface area contributed by atoms with Gasteiger partial charge in [0.2, 0.25) is 0 Å². The minimum absolute atomic E-state index is 0.0567. The molecule has 0 aromatic heterocycles. The molecule has 0 aromatic carbocycles. The van der Waals surface area contributed by atoms with Crippen molar-refractivity contribution in [1.82, 2.24) is 0 Å². The van der Waals surface area contributed by atoms with Gasteiger partial charge < -0.3 is 0 Å². The Labute approximate surface area is 90.1 Å². The van der Waals surface area contributed by atoms with Crippen LogP contribution in [0.3, 0.4) is 0 Å². The maximum absolute atomic E-state index is 5.66. The van der Waals surface area contributed by atoms with Crippen LogP contribution in [-0.4, -0.2) is 26.4 Å². The standard InChI is InChI=1S/C5H9O3.C4H9O.Ti/c1-5(2-6,3-7)4-8;1-2-3-4-5;/h2-4H2,1H3;2-4H2,1H3;/q-3;-1;+4. The number of hydrogen-bond donors (Lipinski definition) is 0. The van der Waals surface area contributed by atoms with Gasteiger partial charge in [-0.1, -0.05) is 0 Å². The van der Waals surface area contributed by atoms with Gasteiger partial charge in [0.25, 0.3) is 0 Å². The molecule has 0 unspecified atom stereocenters. The van der Waals surface area contributed by atoms with Crippen LogP contribution in [0.25, 0.3) is 0 Å².